The van der Waals surface area contributed by atoms with E-state index in [1.165, 1.54) is 0 Å². The van der Waals surface area contributed by atoms with E-state index in [4.69, 9.17) is 13.6 Å². The molecule has 0 aliphatic rings. The lowest BCUT2D eigenvalue weighted by molar-refractivity contribution is 0.415. The Balaban J connectivity index is 1.86. The van der Waals surface area contributed by atoms with Crippen LogP contribution in [0, 0.1) is 6.92 Å². The Hall–Kier alpha value is -3.47. The molecule has 0 amide bonds. The van der Waals surface area contributed by atoms with Crippen molar-refractivity contribution in [1.82, 2.24) is 0 Å². The van der Waals surface area contributed by atoms with E-state index in [2.05, 4.69) is 5.32 Å². The molecule has 0 fully saturated rings. The maximum absolute atomic E-state index is 12.6. The second kappa shape index (κ2) is 7.03. The minimum atomic E-state index is -0.417. The summed E-state index contributed by atoms with van der Waals surface area (Å²) in [5.41, 5.74) is 2.68. The number of hydrogen-bond donors (Lipinski definition) is 1. The second-order valence-corrected chi connectivity index (χ2v) is 6.26. The van der Waals surface area contributed by atoms with Gasteiger partial charge in [-0.25, -0.2) is 4.79 Å². The standard InChI is InChI=1S/C22H19NO4/c1-14-11-18-20(22(24)26-14)19(16-9-6-10-17(12-16)25-2)21(27-18)23-13-15-7-4-3-5-8-15/h3-12,23H,13H2,1-2H3. The summed E-state index contributed by atoms with van der Waals surface area (Å²) in [4.78, 5) is 12.6. The number of methoxy groups -OCH3 is 1. The van der Waals surface area contributed by atoms with E-state index in [9.17, 15) is 4.79 Å². The van der Waals surface area contributed by atoms with Gasteiger partial charge < -0.3 is 18.9 Å². The van der Waals surface area contributed by atoms with Gasteiger partial charge in [0.15, 0.2) is 0 Å². The highest BCUT2D eigenvalue weighted by Gasteiger charge is 2.20. The third-order valence-corrected chi connectivity index (χ3v) is 4.38. The van der Waals surface area contributed by atoms with Crippen LogP contribution < -0.4 is 15.7 Å². The van der Waals surface area contributed by atoms with Gasteiger partial charge in [0.05, 0.1) is 12.7 Å². The Morgan fingerprint density at radius 2 is 1.81 bits per heavy atom. The molecule has 4 rings (SSSR count). The average Bonchev–Trinajstić information content (AvgIpc) is 3.05. The summed E-state index contributed by atoms with van der Waals surface area (Å²) in [5, 5.41) is 3.73. The molecule has 0 unspecified atom stereocenters. The Bertz CT molecular complexity index is 1140. The van der Waals surface area contributed by atoms with Gasteiger partial charge in [-0.2, -0.15) is 0 Å². The molecule has 0 radical (unpaired) electrons. The Kier molecular flexibility index (Phi) is 4.42. The molecule has 27 heavy (non-hydrogen) atoms. The summed E-state index contributed by atoms with van der Waals surface area (Å²) >= 11 is 0. The van der Waals surface area contributed by atoms with Crippen LogP contribution >= 0.6 is 0 Å². The molecular weight excluding hydrogens is 342 g/mol. The van der Waals surface area contributed by atoms with Gasteiger partial charge in [0.1, 0.15) is 22.5 Å². The summed E-state index contributed by atoms with van der Waals surface area (Å²) in [5.74, 6) is 1.74. The molecule has 4 aromatic rings. The van der Waals surface area contributed by atoms with Gasteiger partial charge in [0.25, 0.3) is 0 Å². The van der Waals surface area contributed by atoms with Crippen molar-refractivity contribution in [3.63, 3.8) is 0 Å². The van der Waals surface area contributed by atoms with Crippen molar-refractivity contribution in [2.24, 2.45) is 0 Å². The Morgan fingerprint density at radius 1 is 1.00 bits per heavy atom. The fourth-order valence-corrected chi connectivity index (χ4v) is 3.12. The van der Waals surface area contributed by atoms with E-state index in [1.807, 2.05) is 54.6 Å². The molecule has 5 heteroatoms. The van der Waals surface area contributed by atoms with Gasteiger partial charge in [0.2, 0.25) is 5.88 Å². The smallest absolute Gasteiger partial charge is 0.347 e. The van der Waals surface area contributed by atoms with Crippen LogP contribution in [0.5, 0.6) is 5.75 Å². The third-order valence-electron chi connectivity index (χ3n) is 4.38. The highest BCUT2D eigenvalue weighted by atomic mass is 16.5. The van der Waals surface area contributed by atoms with Crippen molar-refractivity contribution in [3.05, 3.63) is 82.4 Å². The van der Waals surface area contributed by atoms with Crippen LogP contribution in [0.15, 0.2) is 74.3 Å². The number of ether oxygens (including phenoxy) is 1. The molecule has 1 N–H and O–H groups in total. The van der Waals surface area contributed by atoms with Gasteiger partial charge in [-0.05, 0) is 30.2 Å². The molecule has 5 nitrogen and oxygen atoms in total. The Labute approximate surface area is 156 Å². The van der Waals surface area contributed by atoms with Gasteiger partial charge in [-0.3, -0.25) is 0 Å². The normalized spacial score (nSPS) is 10.9. The van der Waals surface area contributed by atoms with E-state index in [-0.39, 0.29) is 0 Å². The molecule has 0 aliphatic carbocycles. The van der Waals surface area contributed by atoms with Gasteiger partial charge in [-0.15, -0.1) is 0 Å². The number of anilines is 1. The third kappa shape index (κ3) is 3.31. The molecule has 0 spiro atoms. The highest BCUT2D eigenvalue weighted by molar-refractivity contribution is 5.99. The molecular formula is C22H19NO4. The van der Waals surface area contributed by atoms with Gasteiger partial charge >= 0.3 is 5.63 Å². The molecule has 2 aromatic carbocycles. The van der Waals surface area contributed by atoms with Gasteiger partial charge in [-0.1, -0.05) is 42.5 Å². The topological polar surface area (TPSA) is 64.6 Å². The first-order chi connectivity index (χ1) is 13.2. The zero-order chi connectivity index (χ0) is 18.8. The predicted molar refractivity (Wildman–Crippen MR) is 105 cm³/mol. The monoisotopic (exact) mass is 361 g/mol. The summed E-state index contributed by atoms with van der Waals surface area (Å²) in [6.07, 6.45) is 0. The number of rotatable bonds is 5. The largest absolute Gasteiger partial charge is 0.497 e. The van der Waals surface area contributed by atoms with Crippen molar-refractivity contribution < 1.29 is 13.6 Å². The molecule has 2 heterocycles. The first kappa shape index (κ1) is 17.0. The number of hydrogen-bond acceptors (Lipinski definition) is 5. The van der Waals surface area contributed by atoms with Crippen LogP contribution in [0.1, 0.15) is 11.3 Å². The molecule has 0 atom stereocenters. The number of benzene rings is 2. The summed E-state index contributed by atoms with van der Waals surface area (Å²) in [6, 6.07) is 19.2. The van der Waals surface area contributed by atoms with E-state index >= 15 is 0 Å². The fraction of sp³-hybridized carbons (Fsp3) is 0.136. The fourth-order valence-electron chi connectivity index (χ4n) is 3.12. The number of fused-ring (bicyclic) bond motifs is 1. The van der Waals surface area contributed by atoms with Crippen LogP contribution in [-0.2, 0) is 6.54 Å². The number of aryl methyl sites for hydroxylation is 1. The van der Waals surface area contributed by atoms with E-state index in [0.29, 0.717) is 40.5 Å². The molecule has 136 valence electrons. The van der Waals surface area contributed by atoms with Crippen molar-refractivity contribution in [2.45, 2.75) is 13.5 Å². The quantitative estimate of drug-likeness (QED) is 0.543. The van der Waals surface area contributed by atoms with Crippen molar-refractivity contribution in [1.29, 1.82) is 0 Å². The lowest BCUT2D eigenvalue weighted by Gasteiger charge is -2.08. The molecule has 2 aromatic heterocycles. The predicted octanol–water partition coefficient (Wildman–Crippen LogP) is 4.98. The second-order valence-electron chi connectivity index (χ2n) is 6.26. The van der Waals surface area contributed by atoms with Crippen LogP contribution in [0.3, 0.4) is 0 Å². The van der Waals surface area contributed by atoms with E-state index in [0.717, 1.165) is 11.1 Å². The minimum Gasteiger partial charge on any atom is -0.497 e. The molecule has 0 bridgehead atoms. The number of nitrogens with one attached hydrogen (secondary N) is 1. The first-order valence-corrected chi connectivity index (χ1v) is 8.65. The lowest BCUT2D eigenvalue weighted by Crippen LogP contribution is -2.02. The number of furan rings is 1. The van der Waals surface area contributed by atoms with Crippen molar-refractivity contribution >= 4 is 16.9 Å². The van der Waals surface area contributed by atoms with Crippen LogP contribution in [-0.4, -0.2) is 7.11 Å². The zero-order valence-corrected chi connectivity index (χ0v) is 15.1. The maximum atomic E-state index is 12.6. The summed E-state index contributed by atoms with van der Waals surface area (Å²) in [6.45, 7) is 2.30. The van der Waals surface area contributed by atoms with Crippen molar-refractivity contribution in [2.75, 3.05) is 12.4 Å². The first-order valence-electron chi connectivity index (χ1n) is 8.65. The highest BCUT2D eigenvalue weighted by Crippen LogP contribution is 2.38. The molecule has 0 saturated heterocycles. The average molecular weight is 361 g/mol. The maximum Gasteiger partial charge on any atom is 0.347 e. The lowest BCUT2D eigenvalue weighted by atomic mass is 10.0. The minimum absolute atomic E-state index is 0.417. The van der Waals surface area contributed by atoms with Crippen LogP contribution in [0.25, 0.3) is 22.1 Å². The van der Waals surface area contributed by atoms with Crippen LogP contribution in [0.4, 0.5) is 5.88 Å². The van der Waals surface area contributed by atoms with Gasteiger partial charge in [0, 0.05) is 12.6 Å². The SMILES string of the molecule is COc1cccc(-c2c(NCc3ccccc3)oc3cc(C)oc(=O)c23)c1. The van der Waals surface area contributed by atoms with Crippen molar-refractivity contribution in [3.8, 4) is 16.9 Å². The zero-order valence-electron chi connectivity index (χ0n) is 15.1. The van der Waals surface area contributed by atoms with Crippen LogP contribution in [0.2, 0.25) is 0 Å². The summed E-state index contributed by atoms with van der Waals surface area (Å²) in [7, 11) is 1.61. The molecule has 0 saturated carbocycles. The molecule has 0 aliphatic heterocycles. The van der Waals surface area contributed by atoms with E-state index < -0.39 is 5.63 Å². The summed E-state index contributed by atoms with van der Waals surface area (Å²) < 4.78 is 16.6. The van der Waals surface area contributed by atoms with E-state index in [1.54, 1.807) is 20.1 Å². The Morgan fingerprint density at radius 3 is 2.59 bits per heavy atom.